The number of oxime groups is 1. The third-order valence-corrected chi connectivity index (χ3v) is 2.01. The highest BCUT2D eigenvalue weighted by molar-refractivity contribution is 5.84. The average molecular weight is 193 g/mol. The van der Waals surface area contributed by atoms with Crippen molar-refractivity contribution in [3.8, 4) is 0 Å². The van der Waals surface area contributed by atoms with Crippen LogP contribution in [0.4, 0.5) is 0 Å². The summed E-state index contributed by atoms with van der Waals surface area (Å²) in [6.45, 7) is 2.55. The molecule has 0 spiro atoms. The Balaban J connectivity index is 2.42. The monoisotopic (exact) mass is 193 g/mol. The van der Waals surface area contributed by atoms with Gasteiger partial charge in [-0.05, 0) is 12.5 Å². The fourth-order valence-corrected chi connectivity index (χ4v) is 1.06. The van der Waals surface area contributed by atoms with Crippen LogP contribution in [0.2, 0.25) is 0 Å². The van der Waals surface area contributed by atoms with Crippen molar-refractivity contribution >= 4 is 5.84 Å². The minimum absolute atomic E-state index is 0.125. The zero-order chi connectivity index (χ0) is 10.4. The first kappa shape index (κ1) is 10.5. The quantitative estimate of drug-likeness (QED) is 0.288. The predicted octanol–water partition coefficient (Wildman–Crippen LogP) is 0.911. The summed E-state index contributed by atoms with van der Waals surface area (Å²) in [5, 5.41) is 14.5. The van der Waals surface area contributed by atoms with E-state index in [9.17, 15) is 0 Å². The van der Waals surface area contributed by atoms with Gasteiger partial charge in [-0.25, -0.2) is 0 Å². The van der Waals surface area contributed by atoms with Gasteiger partial charge in [0.2, 0.25) is 0 Å². The van der Waals surface area contributed by atoms with Crippen molar-refractivity contribution in [3.63, 3.8) is 0 Å². The maximum Gasteiger partial charge on any atom is 0.156 e. The van der Waals surface area contributed by atoms with Gasteiger partial charge in [-0.1, -0.05) is 35.5 Å². The lowest BCUT2D eigenvalue weighted by Gasteiger charge is -2.11. The molecule has 0 fully saturated rings. The van der Waals surface area contributed by atoms with Gasteiger partial charge in [-0.2, -0.15) is 0 Å². The molecule has 1 unspecified atom stereocenters. The molecule has 0 heterocycles. The van der Waals surface area contributed by atoms with Crippen LogP contribution in [0.25, 0.3) is 0 Å². The van der Waals surface area contributed by atoms with E-state index in [4.69, 9.17) is 10.9 Å². The molecule has 0 amide bonds. The minimum atomic E-state index is -0.125. The summed E-state index contributed by atoms with van der Waals surface area (Å²) >= 11 is 0. The van der Waals surface area contributed by atoms with Gasteiger partial charge in [0, 0.05) is 6.54 Å². The maximum atomic E-state index is 8.43. The molecule has 76 valence electrons. The Morgan fingerprint density at radius 2 is 2.14 bits per heavy atom. The molecule has 1 aromatic carbocycles. The molecule has 0 saturated heterocycles. The summed E-state index contributed by atoms with van der Waals surface area (Å²) in [5.41, 5.74) is 6.59. The molecule has 0 saturated carbocycles. The third kappa shape index (κ3) is 3.06. The Labute approximate surface area is 83.4 Å². The van der Waals surface area contributed by atoms with Gasteiger partial charge in [-0.3, -0.25) is 0 Å². The van der Waals surface area contributed by atoms with Gasteiger partial charge in [-0.15, -0.1) is 0 Å². The van der Waals surface area contributed by atoms with E-state index in [0.29, 0.717) is 6.54 Å². The van der Waals surface area contributed by atoms with E-state index >= 15 is 0 Å². The van der Waals surface area contributed by atoms with Crippen LogP contribution in [0.5, 0.6) is 0 Å². The Hall–Kier alpha value is -1.55. The molecule has 0 aliphatic carbocycles. The largest absolute Gasteiger partial charge is 0.409 e. The molecule has 1 rings (SSSR count). The van der Waals surface area contributed by atoms with E-state index in [0.717, 1.165) is 0 Å². The number of nitrogens with one attached hydrogen (secondary N) is 1. The summed E-state index contributed by atoms with van der Waals surface area (Å²) in [5.74, 6) is 0.195. The predicted molar refractivity (Wildman–Crippen MR) is 56.2 cm³/mol. The van der Waals surface area contributed by atoms with Gasteiger partial charge >= 0.3 is 0 Å². The number of rotatable bonds is 4. The van der Waals surface area contributed by atoms with Gasteiger partial charge in [0.15, 0.2) is 5.84 Å². The average Bonchev–Trinajstić information content (AvgIpc) is 2.26. The number of nitrogens with zero attached hydrogens (tertiary/aromatic N) is 1. The highest BCUT2D eigenvalue weighted by atomic mass is 16.4. The second kappa shape index (κ2) is 5.24. The summed E-state index contributed by atoms with van der Waals surface area (Å²) in [7, 11) is 0. The van der Waals surface area contributed by atoms with Gasteiger partial charge < -0.3 is 16.3 Å². The Bertz CT molecular complexity index is 297. The summed E-state index contributed by atoms with van der Waals surface area (Å²) in [6.07, 6.45) is 0. The van der Waals surface area contributed by atoms with Crippen molar-refractivity contribution in [2.75, 3.05) is 0 Å². The molecule has 0 aromatic heterocycles. The minimum Gasteiger partial charge on any atom is -0.409 e. The number of amidine groups is 1. The molecule has 0 bridgehead atoms. The van der Waals surface area contributed by atoms with E-state index in [2.05, 4.69) is 10.5 Å². The van der Waals surface area contributed by atoms with Crippen LogP contribution in [0, 0.1) is 0 Å². The highest BCUT2D eigenvalue weighted by Gasteiger charge is 2.05. The van der Waals surface area contributed by atoms with Crippen LogP contribution in [0.1, 0.15) is 12.5 Å². The van der Waals surface area contributed by atoms with Crippen molar-refractivity contribution in [1.82, 2.24) is 5.32 Å². The zero-order valence-electron chi connectivity index (χ0n) is 8.14. The van der Waals surface area contributed by atoms with Gasteiger partial charge in [0.05, 0.1) is 6.04 Å². The van der Waals surface area contributed by atoms with Crippen LogP contribution >= 0.6 is 0 Å². The number of benzene rings is 1. The van der Waals surface area contributed by atoms with Crippen molar-refractivity contribution in [2.24, 2.45) is 10.9 Å². The summed E-state index contributed by atoms with van der Waals surface area (Å²) in [6, 6.07) is 9.84. The molecule has 1 aromatic rings. The fourth-order valence-electron chi connectivity index (χ4n) is 1.06. The SMILES string of the molecule is CC(NCc1ccccc1)C(N)=NO. The van der Waals surface area contributed by atoms with E-state index in [1.54, 1.807) is 0 Å². The number of nitrogens with two attached hydrogens (primary N) is 1. The number of hydrogen-bond acceptors (Lipinski definition) is 3. The van der Waals surface area contributed by atoms with Crippen LogP contribution in [0.15, 0.2) is 35.5 Å². The normalized spacial score (nSPS) is 13.9. The lowest BCUT2D eigenvalue weighted by atomic mass is 10.2. The van der Waals surface area contributed by atoms with Crippen molar-refractivity contribution in [3.05, 3.63) is 35.9 Å². The van der Waals surface area contributed by atoms with E-state index < -0.39 is 0 Å². The molecule has 4 N–H and O–H groups in total. The van der Waals surface area contributed by atoms with Crippen molar-refractivity contribution in [1.29, 1.82) is 0 Å². The summed E-state index contributed by atoms with van der Waals surface area (Å²) < 4.78 is 0. The first-order valence-electron chi connectivity index (χ1n) is 4.48. The second-order valence-electron chi connectivity index (χ2n) is 3.11. The van der Waals surface area contributed by atoms with Gasteiger partial charge in [0.1, 0.15) is 0 Å². The van der Waals surface area contributed by atoms with Crippen molar-refractivity contribution < 1.29 is 5.21 Å². The highest BCUT2D eigenvalue weighted by Crippen LogP contribution is 1.97. The van der Waals surface area contributed by atoms with E-state index in [1.807, 2.05) is 37.3 Å². The molecule has 0 radical (unpaired) electrons. The molecule has 14 heavy (non-hydrogen) atoms. The van der Waals surface area contributed by atoms with Crippen LogP contribution in [0.3, 0.4) is 0 Å². The second-order valence-corrected chi connectivity index (χ2v) is 3.11. The Morgan fingerprint density at radius 3 is 2.71 bits per heavy atom. The Morgan fingerprint density at radius 1 is 1.50 bits per heavy atom. The first-order valence-corrected chi connectivity index (χ1v) is 4.48. The smallest absolute Gasteiger partial charge is 0.156 e. The fraction of sp³-hybridized carbons (Fsp3) is 0.300. The lowest BCUT2D eigenvalue weighted by Crippen LogP contribution is -2.38. The molecule has 0 aliphatic rings. The molecule has 4 heteroatoms. The Kier molecular flexibility index (Phi) is 3.94. The lowest BCUT2D eigenvalue weighted by molar-refractivity contribution is 0.315. The van der Waals surface area contributed by atoms with Gasteiger partial charge in [0.25, 0.3) is 0 Å². The molecular weight excluding hydrogens is 178 g/mol. The molecule has 0 aliphatic heterocycles. The van der Waals surface area contributed by atoms with Crippen LogP contribution in [-0.4, -0.2) is 17.1 Å². The molecular formula is C10H15N3O. The maximum absolute atomic E-state index is 8.43. The van der Waals surface area contributed by atoms with E-state index in [1.165, 1.54) is 5.56 Å². The molecule has 4 nitrogen and oxygen atoms in total. The topological polar surface area (TPSA) is 70.6 Å². The number of hydrogen-bond donors (Lipinski definition) is 3. The molecule has 1 atom stereocenters. The van der Waals surface area contributed by atoms with E-state index in [-0.39, 0.29) is 11.9 Å². The van der Waals surface area contributed by atoms with Crippen LogP contribution in [-0.2, 0) is 6.54 Å². The zero-order valence-corrected chi connectivity index (χ0v) is 8.14. The standard InChI is InChI=1S/C10H15N3O/c1-8(10(11)13-14)12-7-9-5-3-2-4-6-9/h2-6,8,12,14H,7H2,1H3,(H2,11,13). The first-order chi connectivity index (χ1) is 6.74. The van der Waals surface area contributed by atoms with Crippen molar-refractivity contribution in [2.45, 2.75) is 19.5 Å². The third-order valence-electron chi connectivity index (χ3n) is 2.01. The summed E-state index contributed by atoms with van der Waals surface area (Å²) in [4.78, 5) is 0. The van der Waals surface area contributed by atoms with Crippen LogP contribution < -0.4 is 11.1 Å².